The summed E-state index contributed by atoms with van der Waals surface area (Å²) < 4.78 is 0. The highest BCUT2D eigenvalue weighted by Crippen LogP contribution is 1.84. The third kappa shape index (κ3) is 4.29. The van der Waals surface area contributed by atoms with Crippen molar-refractivity contribution in [3.8, 4) is 0 Å². The standard InChI is InChI=1S/C6H14N2O2/c1-4-5-8(10-3)7-6(2)9/h4-5H2,1-3H3,(H,7,9). The summed E-state index contributed by atoms with van der Waals surface area (Å²) in [7, 11) is 1.52. The quantitative estimate of drug-likeness (QED) is 0.580. The van der Waals surface area contributed by atoms with E-state index >= 15 is 0 Å². The number of nitrogens with one attached hydrogen (secondary N) is 1. The van der Waals surface area contributed by atoms with Crippen LogP contribution in [0.2, 0.25) is 0 Å². The van der Waals surface area contributed by atoms with E-state index in [1.165, 1.54) is 19.2 Å². The molecule has 1 N–H and O–H groups in total. The van der Waals surface area contributed by atoms with Crippen LogP contribution in [0.15, 0.2) is 0 Å². The van der Waals surface area contributed by atoms with Gasteiger partial charge in [0.2, 0.25) is 5.91 Å². The molecule has 0 aromatic rings. The number of nitrogens with zero attached hydrogens (tertiary/aromatic N) is 1. The SMILES string of the molecule is CCCN(NC(C)=O)OC. The Labute approximate surface area is 61.1 Å². The molecular weight excluding hydrogens is 132 g/mol. The lowest BCUT2D eigenvalue weighted by atomic mass is 10.5. The van der Waals surface area contributed by atoms with Crippen LogP contribution in [-0.4, -0.2) is 24.7 Å². The zero-order valence-electron chi connectivity index (χ0n) is 6.68. The van der Waals surface area contributed by atoms with Crippen LogP contribution in [0, 0.1) is 0 Å². The van der Waals surface area contributed by atoms with Crippen LogP contribution in [0.3, 0.4) is 0 Å². The topological polar surface area (TPSA) is 41.6 Å². The van der Waals surface area contributed by atoms with E-state index in [1.54, 1.807) is 0 Å². The third-order valence-electron chi connectivity index (χ3n) is 0.929. The highest BCUT2D eigenvalue weighted by Gasteiger charge is 2.00. The largest absolute Gasteiger partial charge is 0.283 e. The molecule has 0 aromatic heterocycles. The van der Waals surface area contributed by atoms with Crippen LogP contribution in [0.25, 0.3) is 0 Å². The first-order chi connectivity index (χ1) is 4.70. The van der Waals surface area contributed by atoms with Crippen molar-refractivity contribution in [2.75, 3.05) is 13.7 Å². The Kier molecular flexibility index (Phi) is 4.88. The van der Waals surface area contributed by atoms with E-state index in [4.69, 9.17) is 4.84 Å². The first-order valence-corrected chi connectivity index (χ1v) is 3.29. The van der Waals surface area contributed by atoms with Crippen LogP contribution in [0.4, 0.5) is 0 Å². The lowest BCUT2D eigenvalue weighted by Crippen LogP contribution is -2.40. The number of carbonyl (C=O) groups excluding carboxylic acids is 1. The van der Waals surface area contributed by atoms with Gasteiger partial charge in [0, 0.05) is 13.5 Å². The van der Waals surface area contributed by atoms with Gasteiger partial charge in [-0.3, -0.25) is 15.1 Å². The van der Waals surface area contributed by atoms with E-state index in [2.05, 4.69) is 5.43 Å². The summed E-state index contributed by atoms with van der Waals surface area (Å²) >= 11 is 0. The van der Waals surface area contributed by atoms with Gasteiger partial charge in [-0.2, -0.15) is 0 Å². The second-order valence-corrected chi connectivity index (χ2v) is 1.95. The van der Waals surface area contributed by atoms with E-state index in [1.807, 2.05) is 6.92 Å². The summed E-state index contributed by atoms with van der Waals surface area (Å²) in [4.78, 5) is 15.3. The molecule has 0 heterocycles. The molecular formula is C6H14N2O2. The van der Waals surface area contributed by atoms with E-state index in [9.17, 15) is 4.79 Å². The minimum atomic E-state index is -0.115. The average molecular weight is 146 g/mol. The fraction of sp³-hybridized carbons (Fsp3) is 0.833. The van der Waals surface area contributed by atoms with Crippen molar-refractivity contribution in [1.82, 2.24) is 10.6 Å². The molecule has 4 nitrogen and oxygen atoms in total. The Morgan fingerprint density at radius 2 is 2.30 bits per heavy atom. The lowest BCUT2D eigenvalue weighted by molar-refractivity contribution is -0.179. The first kappa shape index (κ1) is 9.39. The molecule has 0 aliphatic carbocycles. The van der Waals surface area contributed by atoms with Crippen molar-refractivity contribution in [3.05, 3.63) is 0 Å². The summed E-state index contributed by atoms with van der Waals surface area (Å²) in [6, 6.07) is 0. The number of carbonyl (C=O) groups is 1. The Balaban J connectivity index is 3.49. The normalized spacial score (nSPS) is 10.0. The molecule has 4 heteroatoms. The monoisotopic (exact) mass is 146 g/mol. The van der Waals surface area contributed by atoms with Gasteiger partial charge < -0.3 is 0 Å². The minimum absolute atomic E-state index is 0.115. The molecule has 0 spiro atoms. The molecule has 60 valence electrons. The van der Waals surface area contributed by atoms with Gasteiger partial charge >= 0.3 is 0 Å². The van der Waals surface area contributed by atoms with Gasteiger partial charge in [-0.25, -0.2) is 0 Å². The van der Waals surface area contributed by atoms with Gasteiger partial charge in [-0.05, 0) is 6.42 Å². The smallest absolute Gasteiger partial charge is 0.232 e. The van der Waals surface area contributed by atoms with Crippen LogP contribution in [0.1, 0.15) is 20.3 Å². The summed E-state index contributed by atoms with van der Waals surface area (Å²) in [5.74, 6) is -0.115. The maximum Gasteiger partial charge on any atom is 0.232 e. The highest BCUT2D eigenvalue weighted by atomic mass is 16.7. The van der Waals surface area contributed by atoms with E-state index in [0.717, 1.165) is 6.42 Å². The van der Waals surface area contributed by atoms with Crippen molar-refractivity contribution in [2.45, 2.75) is 20.3 Å². The maximum absolute atomic E-state index is 10.5. The third-order valence-corrected chi connectivity index (χ3v) is 0.929. The molecule has 1 amide bonds. The van der Waals surface area contributed by atoms with Gasteiger partial charge in [-0.1, -0.05) is 12.1 Å². The molecule has 0 saturated heterocycles. The minimum Gasteiger partial charge on any atom is -0.283 e. The molecule has 0 bridgehead atoms. The predicted octanol–water partition coefficient (Wildman–Crippen LogP) is 0.311. The van der Waals surface area contributed by atoms with Crippen LogP contribution in [-0.2, 0) is 9.63 Å². The van der Waals surface area contributed by atoms with Gasteiger partial charge in [0.25, 0.3) is 0 Å². The summed E-state index contributed by atoms with van der Waals surface area (Å²) in [5, 5.41) is 1.41. The van der Waals surface area contributed by atoms with Gasteiger partial charge in [0.1, 0.15) is 0 Å². The van der Waals surface area contributed by atoms with Gasteiger partial charge in [0.05, 0.1) is 7.11 Å². The molecule has 0 aliphatic rings. The second-order valence-electron chi connectivity index (χ2n) is 1.95. The highest BCUT2D eigenvalue weighted by molar-refractivity contribution is 5.72. The van der Waals surface area contributed by atoms with Gasteiger partial charge in [-0.15, -0.1) is 0 Å². The summed E-state index contributed by atoms with van der Waals surface area (Å²) in [6.45, 7) is 4.16. The first-order valence-electron chi connectivity index (χ1n) is 3.29. The summed E-state index contributed by atoms with van der Waals surface area (Å²) in [6.07, 6.45) is 0.939. The summed E-state index contributed by atoms with van der Waals surface area (Å²) in [5.41, 5.74) is 2.50. The van der Waals surface area contributed by atoms with Gasteiger partial charge in [0.15, 0.2) is 0 Å². The fourth-order valence-electron chi connectivity index (χ4n) is 0.572. The Morgan fingerprint density at radius 1 is 1.70 bits per heavy atom. The Morgan fingerprint density at radius 3 is 2.60 bits per heavy atom. The molecule has 0 unspecified atom stereocenters. The van der Waals surface area contributed by atoms with E-state index < -0.39 is 0 Å². The number of hydrazine groups is 1. The number of hydrogen-bond acceptors (Lipinski definition) is 3. The fourth-order valence-corrected chi connectivity index (χ4v) is 0.572. The molecule has 10 heavy (non-hydrogen) atoms. The van der Waals surface area contributed by atoms with Crippen molar-refractivity contribution < 1.29 is 9.63 Å². The van der Waals surface area contributed by atoms with E-state index in [0.29, 0.717) is 6.54 Å². The number of amides is 1. The Bertz CT molecular complexity index is 106. The Hall–Kier alpha value is -0.610. The molecule has 0 aromatic carbocycles. The zero-order valence-corrected chi connectivity index (χ0v) is 6.68. The number of hydroxylamine groups is 1. The van der Waals surface area contributed by atoms with Crippen molar-refractivity contribution in [2.24, 2.45) is 0 Å². The average Bonchev–Trinajstić information content (AvgIpc) is 1.86. The molecule has 0 atom stereocenters. The maximum atomic E-state index is 10.5. The predicted molar refractivity (Wildman–Crippen MR) is 37.8 cm³/mol. The molecule has 0 saturated carbocycles. The van der Waals surface area contributed by atoms with Crippen LogP contribution < -0.4 is 5.43 Å². The van der Waals surface area contributed by atoms with Crippen molar-refractivity contribution in [1.29, 1.82) is 0 Å². The number of hydrogen-bond donors (Lipinski definition) is 1. The number of rotatable bonds is 4. The molecule has 0 fully saturated rings. The van der Waals surface area contributed by atoms with Crippen molar-refractivity contribution >= 4 is 5.91 Å². The molecule has 0 rings (SSSR count). The zero-order chi connectivity index (χ0) is 7.98. The second kappa shape index (κ2) is 5.20. The van der Waals surface area contributed by atoms with Crippen LogP contribution >= 0.6 is 0 Å². The van der Waals surface area contributed by atoms with Crippen LogP contribution in [0.5, 0.6) is 0 Å². The lowest BCUT2D eigenvalue weighted by Gasteiger charge is -2.17. The molecule has 0 radical (unpaired) electrons. The molecule has 0 aliphatic heterocycles. The van der Waals surface area contributed by atoms with E-state index in [-0.39, 0.29) is 5.91 Å². The van der Waals surface area contributed by atoms with Crippen molar-refractivity contribution in [3.63, 3.8) is 0 Å².